The molecule has 2 aliphatic rings. The SMILES string of the molecule is CC(C)(C)c1c(N2c3ccccc3Oc3ccccc32)c(C#N)c(C#N)c(N2c3ccccc3Oc3ccccc32)c1C(C)(C)C. The fourth-order valence-corrected chi connectivity index (χ4v) is 6.74. The number of fused-ring (bicyclic) bond motifs is 4. The average Bonchev–Trinajstić information content (AvgIpc) is 3.04. The van der Waals surface area contributed by atoms with Gasteiger partial charge in [-0.05, 0) is 70.5 Å². The number of benzene rings is 5. The molecule has 7 rings (SSSR count). The zero-order valence-corrected chi connectivity index (χ0v) is 26.8. The first-order chi connectivity index (χ1) is 22.0. The number of hydrogen-bond donors (Lipinski definition) is 0. The minimum absolute atomic E-state index is 0.309. The lowest BCUT2D eigenvalue weighted by Gasteiger charge is -2.43. The zero-order chi connectivity index (χ0) is 32.4. The van der Waals surface area contributed by atoms with Gasteiger partial charge in [-0.25, -0.2) is 0 Å². The van der Waals surface area contributed by atoms with Gasteiger partial charge in [-0.1, -0.05) is 90.1 Å². The van der Waals surface area contributed by atoms with E-state index in [1.165, 1.54) is 0 Å². The molecule has 5 aromatic rings. The van der Waals surface area contributed by atoms with Gasteiger partial charge in [0.1, 0.15) is 12.1 Å². The Morgan fingerprint density at radius 2 is 0.717 bits per heavy atom. The first kappa shape index (κ1) is 29.0. The van der Waals surface area contributed by atoms with Crippen molar-refractivity contribution in [2.24, 2.45) is 0 Å². The average molecular weight is 603 g/mol. The second kappa shape index (κ2) is 10.4. The molecule has 46 heavy (non-hydrogen) atoms. The van der Waals surface area contributed by atoms with Gasteiger partial charge in [0.25, 0.3) is 0 Å². The predicted octanol–water partition coefficient (Wildman–Crippen LogP) is 11.2. The molecule has 0 N–H and O–H groups in total. The largest absolute Gasteiger partial charge is 0.453 e. The van der Waals surface area contributed by atoms with Crippen molar-refractivity contribution in [2.75, 3.05) is 9.80 Å². The Morgan fingerprint density at radius 1 is 0.457 bits per heavy atom. The highest BCUT2D eigenvalue weighted by Crippen LogP contribution is 2.60. The maximum absolute atomic E-state index is 11.2. The van der Waals surface area contributed by atoms with Gasteiger partial charge < -0.3 is 19.3 Å². The van der Waals surface area contributed by atoms with Gasteiger partial charge in [-0.2, -0.15) is 10.5 Å². The van der Waals surface area contributed by atoms with E-state index in [4.69, 9.17) is 9.47 Å². The summed E-state index contributed by atoms with van der Waals surface area (Å²) in [5.74, 6) is 2.73. The predicted molar refractivity (Wildman–Crippen MR) is 183 cm³/mol. The van der Waals surface area contributed by atoms with E-state index in [1.54, 1.807) is 0 Å². The van der Waals surface area contributed by atoms with Crippen molar-refractivity contribution in [3.63, 3.8) is 0 Å². The highest BCUT2D eigenvalue weighted by Gasteiger charge is 2.42. The van der Waals surface area contributed by atoms with Crippen LogP contribution < -0.4 is 19.3 Å². The van der Waals surface area contributed by atoms with E-state index in [0.29, 0.717) is 45.5 Å². The van der Waals surface area contributed by atoms with Crippen LogP contribution in [0.15, 0.2) is 97.1 Å². The lowest BCUT2D eigenvalue weighted by molar-refractivity contribution is 0.475. The second-order valence-corrected chi connectivity index (χ2v) is 13.7. The number of nitriles is 2. The van der Waals surface area contributed by atoms with E-state index in [1.807, 2.05) is 97.1 Å². The highest BCUT2D eigenvalue weighted by molar-refractivity contribution is 5.98. The molecule has 0 bridgehead atoms. The summed E-state index contributed by atoms with van der Waals surface area (Å²) in [5, 5.41) is 22.3. The molecule has 0 fully saturated rings. The van der Waals surface area contributed by atoms with Crippen LogP contribution in [0, 0.1) is 22.7 Å². The minimum Gasteiger partial charge on any atom is -0.453 e. The van der Waals surface area contributed by atoms with Gasteiger partial charge in [0, 0.05) is 0 Å². The molecule has 6 heteroatoms. The third-order valence-electron chi connectivity index (χ3n) is 8.48. The molecule has 0 aromatic heterocycles. The van der Waals surface area contributed by atoms with Crippen LogP contribution in [0.4, 0.5) is 34.1 Å². The van der Waals surface area contributed by atoms with Crippen molar-refractivity contribution in [3.05, 3.63) is 119 Å². The van der Waals surface area contributed by atoms with Gasteiger partial charge in [0.2, 0.25) is 0 Å². The van der Waals surface area contributed by atoms with Gasteiger partial charge >= 0.3 is 0 Å². The summed E-state index contributed by atoms with van der Waals surface area (Å²) in [6.45, 7) is 13.1. The Bertz CT molecular complexity index is 1880. The lowest BCUT2D eigenvalue weighted by Crippen LogP contribution is -2.31. The van der Waals surface area contributed by atoms with Crippen LogP contribution in [0.25, 0.3) is 0 Å². The smallest absolute Gasteiger partial charge is 0.151 e. The molecule has 5 aromatic carbocycles. The monoisotopic (exact) mass is 602 g/mol. The molecular formula is C40H34N4O2. The standard InChI is InChI=1S/C40H34N4O2/c1-39(2,3)35-36(40(4,5)6)38(44-29-17-9-13-21-33(29)46-34-22-14-10-18-30(34)44)26(24-42)25(23-41)37(35)43-27-15-7-11-19-31(27)45-32-20-12-8-16-28(32)43/h7-22H,1-6H3. The number of ether oxygens (including phenoxy) is 2. The van der Waals surface area contributed by atoms with Crippen LogP contribution >= 0.6 is 0 Å². The van der Waals surface area contributed by atoms with Crippen molar-refractivity contribution in [2.45, 2.75) is 52.4 Å². The molecule has 6 nitrogen and oxygen atoms in total. The van der Waals surface area contributed by atoms with Crippen molar-refractivity contribution in [3.8, 4) is 35.1 Å². The lowest BCUT2D eigenvalue weighted by atomic mass is 9.70. The third-order valence-corrected chi connectivity index (χ3v) is 8.48. The molecule has 226 valence electrons. The molecule has 0 radical (unpaired) electrons. The summed E-state index contributed by atoms with van der Waals surface area (Å²) >= 11 is 0. The Kier molecular flexibility index (Phi) is 6.58. The number of hydrogen-bond acceptors (Lipinski definition) is 6. The second-order valence-electron chi connectivity index (χ2n) is 13.7. The maximum Gasteiger partial charge on any atom is 0.151 e. The molecule has 0 saturated heterocycles. The summed E-state index contributed by atoms with van der Waals surface area (Å²) in [4.78, 5) is 4.24. The van der Waals surface area contributed by atoms with Crippen LogP contribution in [0.3, 0.4) is 0 Å². The van der Waals surface area contributed by atoms with Gasteiger partial charge in [-0.3, -0.25) is 0 Å². The highest BCUT2D eigenvalue weighted by atomic mass is 16.5. The normalized spacial score (nSPS) is 13.2. The Morgan fingerprint density at radius 3 is 0.957 bits per heavy atom. The van der Waals surface area contributed by atoms with Gasteiger partial charge in [0.05, 0.1) is 45.3 Å². The summed E-state index contributed by atoms with van der Waals surface area (Å²) in [6.07, 6.45) is 0. The molecule has 0 aliphatic carbocycles. The third kappa shape index (κ3) is 4.37. The van der Waals surface area contributed by atoms with Crippen molar-refractivity contribution in [1.29, 1.82) is 10.5 Å². The first-order valence-electron chi connectivity index (χ1n) is 15.4. The fraction of sp³-hybridized carbons (Fsp3) is 0.200. The van der Waals surface area contributed by atoms with E-state index in [0.717, 1.165) is 33.9 Å². The summed E-state index contributed by atoms with van der Waals surface area (Å²) in [6, 6.07) is 36.5. The van der Waals surface area contributed by atoms with Crippen LogP contribution in [-0.2, 0) is 10.8 Å². The topological polar surface area (TPSA) is 72.5 Å². The first-order valence-corrected chi connectivity index (χ1v) is 15.4. The number of nitrogens with zero attached hydrogens (tertiary/aromatic N) is 4. The minimum atomic E-state index is -0.459. The molecule has 0 amide bonds. The van der Waals surface area contributed by atoms with Gasteiger partial charge in [0.15, 0.2) is 23.0 Å². The van der Waals surface area contributed by atoms with Crippen molar-refractivity contribution in [1.82, 2.24) is 0 Å². The Labute approximate surface area is 270 Å². The van der Waals surface area contributed by atoms with Crippen LogP contribution in [0.5, 0.6) is 23.0 Å². The molecule has 0 spiro atoms. The summed E-state index contributed by atoms with van der Waals surface area (Å²) < 4.78 is 12.7. The molecule has 0 atom stereocenters. The Balaban J connectivity index is 1.70. The van der Waals surface area contributed by atoms with Crippen LogP contribution in [0.1, 0.15) is 63.8 Å². The van der Waals surface area contributed by atoms with E-state index in [2.05, 4.69) is 63.5 Å². The van der Waals surface area contributed by atoms with Gasteiger partial charge in [-0.15, -0.1) is 0 Å². The van der Waals surface area contributed by atoms with E-state index in [-0.39, 0.29) is 0 Å². The van der Waals surface area contributed by atoms with Crippen LogP contribution in [0.2, 0.25) is 0 Å². The van der Waals surface area contributed by atoms with E-state index < -0.39 is 10.8 Å². The molecule has 0 saturated carbocycles. The maximum atomic E-state index is 11.2. The number of para-hydroxylation sites is 8. The zero-order valence-electron chi connectivity index (χ0n) is 26.8. The summed E-state index contributed by atoms with van der Waals surface area (Å²) in [5.41, 5.74) is 6.28. The molecule has 2 heterocycles. The van der Waals surface area contributed by atoms with Crippen molar-refractivity contribution >= 4 is 34.1 Å². The van der Waals surface area contributed by atoms with E-state index in [9.17, 15) is 10.5 Å². The Hall–Kier alpha value is -5.72. The van der Waals surface area contributed by atoms with E-state index >= 15 is 0 Å². The quantitative estimate of drug-likeness (QED) is 0.196. The number of rotatable bonds is 2. The fourth-order valence-electron chi connectivity index (χ4n) is 6.74. The molecule has 2 aliphatic heterocycles. The summed E-state index contributed by atoms with van der Waals surface area (Å²) in [7, 11) is 0. The number of anilines is 6. The van der Waals surface area contributed by atoms with Crippen molar-refractivity contribution < 1.29 is 9.47 Å². The molecular weight excluding hydrogens is 568 g/mol. The van der Waals surface area contributed by atoms with Crippen LogP contribution in [-0.4, -0.2) is 0 Å². The molecule has 0 unspecified atom stereocenters.